The minimum Gasteiger partial charge on any atom is -0.497 e. The monoisotopic (exact) mass is 444 g/mol. The summed E-state index contributed by atoms with van der Waals surface area (Å²) >= 11 is 1.41. The minimum absolute atomic E-state index is 0.134. The second kappa shape index (κ2) is 7.76. The maximum atomic E-state index is 13.2. The van der Waals surface area contributed by atoms with Crippen LogP contribution in [0.2, 0.25) is 0 Å². The van der Waals surface area contributed by atoms with Gasteiger partial charge in [-0.1, -0.05) is 12.1 Å². The van der Waals surface area contributed by atoms with E-state index < -0.39 is 5.63 Å². The van der Waals surface area contributed by atoms with Gasteiger partial charge >= 0.3 is 5.63 Å². The molecule has 0 aliphatic rings. The maximum absolute atomic E-state index is 13.2. The van der Waals surface area contributed by atoms with Gasteiger partial charge < -0.3 is 9.15 Å². The van der Waals surface area contributed by atoms with Gasteiger partial charge in [-0.15, -0.1) is 11.3 Å². The highest BCUT2D eigenvalue weighted by atomic mass is 32.1. The fraction of sp³-hybridized carbons (Fsp3) is 0.160. The molecule has 160 valence electrons. The van der Waals surface area contributed by atoms with E-state index in [1.54, 1.807) is 11.7 Å². The summed E-state index contributed by atoms with van der Waals surface area (Å²) in [6, 6.07) is 15.0. The topological polar surface area (TPSA) is 74.3 Å². The molecule has 2 aromatic carbocycles. The number of aromatic nitrogens is 2. The molecule has 3 aromatic heterocycles. The van der Waals surface area contributed by atoms with Crippen LogP contribution in [-0.4, -0.2) is 16.7 Å². The molecule has 0 saturated carbocycles. The van der Waals surface area contributed by atoms with Crippen LogP contribution in [0.4, 0.5) is 0 Å². The van der Waals surface area contributed by atoms with E-state index in [9.17, 15) is 9.59 Å². The van der Waals surface area contributed by atoms with E-state index in [4.69, 9.17) is 9.15 Å². The van der Waals surface area contributed by atoms with E-state index in [1.165, 1.54) is 23.7 Å². The number of hydrogen-bond acceptors (Lipinski definition) is 6. The molecule has 0 radical (unpaired) electrons. The van der Waals surface area contributed by atoms with Crippen LogP contribution >= 0.6 is 11.3 Å². The molecule has 3 heterocycles. The summed E-state index contributed by atoms with van der Waals surface area (Å²) in [4.78, 5) is 30.9. The number of thiophene rings is 1. The Balaban J connectivity index is 1.59. The van der Waals surface area contributed by atoms with Gasteiger partial charge in [0.2, 0.25) is 0 Å². The number of fused-ring (bicyclic) bond motifs is 2. The van der Waals surface area contributed by atoms with Crippen molar-refractivity contribution >= 4 is 32.5 Å². The summed E-state index contributed by atoms with van der Waals surface area (Å²) in [6.07, 6.45) is 1.54. The summed E-state index contributed by atoms with van der Waals surface area (Å²) in [7, 11) is 1.63. The van der Waals surface area contributed by atoms with Gasteiger partial charge in [0, 0.05) is 16.3 Å². The number of hydrogen-bond donors (Lipinski definition) is 0. The lowest BCUT2D eigenvalue weighted by molar-refractivity contribution is 0.415. The van der Waals surface area contributed by atoms with Gasteiger partial charge in [-0.25, -0.2) is 9.78 Å². The predicted molar refractivity (Wildman–Crippen MR) is 127 cm³/mol. The van der Waals surface area contributed by atoms with Gasteiger partial charge in [0.1, 0.15) is 16.0 Å². The largest absolute Gasteiger partial charge is 0.497 e. The van der Waals surface area contributed by atoms with Crippen LogP contribution in [0.3, 0.4) is 0 Å². The van der Waals surface area contributed by atoms with E-state index in [-0.39, 0.29) is 12.1 Å². The highest BCUT2D eigenvalue weighted by molar-refractivity contribution is 7.22. The lowest BCUT2D eigenvalue weighted by atomic mass is 10.0. The van der Waals surface area contributed by atoms with Gasteiger partial charge in [0.15, 0.2) is 0 Å². The zero-order chi connectivity index (χ0) is 22.4. The maximum Gasteiger partial charge on any atom is 0.336 e. The van der Waals surface area contributed by atoms with Crippen LogP contribution in [0, 0.1) is 13.8 Å². The Hall–Kier alpha value is -3.71. The Labute approximate surface area is 187 Å². The van der Waals surface area contributed by atoms with Crippen LogP contribution in [-0.2, 0) is 6.54 Å². The van der Waals surface area contributed by atoms with E-state index >= 15 is 0 Å². The average molecular weight is 445 g/mol. The molecule has 0 saturated heterocycles. The summed E-state index contributed by atoms with van der Waals surface area (Å²) in [5.74, 6) is 0.778. The molecule has 5 aromatic rings. The summed E-state index contributed by atoms with van der Waals surface area (Å²) in [5.41, 5.74) is 4.35. The van der Waals surface area contributed by atoms with Crippen molar-refractivity contribution in [2.24, 2.45) is 0 Å². The standard InChI is InChI=1S/C25H20N2O4S/c1-14-4-9-19-17(10-22(28)31-23(19)15(14)2)12-27-13-26-20-11-21(32-24(20)25(27)29)16-5-7-18(30-3)8-6-16/h4-11,13H,12H2,1-3H3. The highest BCUT2D eigenvalue weighted by Gasteiger charge is 2.14. The Morgan fingerprint density at radius 3 is 2.59 bits per heavy atom. The first-order valence-corrected chi connectivity index (χ1v) is 10.9. The molecule has 0 aliphatic heterocycles. The van der Waals surface area contributed by atoms with Crippen LogP contribution < -0.4 is 15.9 Å². The third kappa shape index (κ3) is 3.40. The Morgan fingerprint density at radius 1 is 1.06 bits per heavy atom. The first-order valence-electron chi connectivity index (χ1n) is 10.1. The third-order valence-corrected chi connectivity index (χ3v) is 6.90. The molecule has 6 nitrogen and oxygen atoms in total. The summed E-state index contributed by atoms with van der Waals surface area (Å²) in [6.45, 7) is 4.14. The van der Waals surface area contributed by atoms with Crippen molar-refractivity contribution in [3.05, 3.63) is 92.3 Å². The quantitative estimate of drug-likeness (QED) is 0.369. The molecule has 0 amide bonds. The second-order valence-corrected chi connectivity index (χ2v) is 8.76. The second-order valence-electron chi connectivity index (χ2n) is 7.71. The summed E-state index contributed by atoms with van der Waals surface area (Å²) < 4.78 is 12.8. The molecular formula is C25H20N2O4S. The Kier molecular flexibility index (Phi) is 4.90. The number of rotatable bonds is 4. The van der Waals surface area contributed by atoms with Gasteiger partial charge in [0.25, 0.3) is 5.56 Å². The Bertz CT molecular complexity index is 1590. The first kappa shape index (κ1) is 20.2. The summed E-state index contributed by atoms with van der Waals surface area (Å²) in [5, 5.41) is 0.824. The minimum atomic E-state index is -0.429. The lowest BCUT2D eigenvalue weighted by Crippen LogP contribution is -2.21. The average Bonchev–Trinajstić information content (AvgIpc) is 3.24. The lowest BCUT2D eigenvalue weighted by Gasteiger charge is -2.10. The molecule has 5 rings (SSSR count). The number of methoxy groups -OCH3 is 1. The predicted octanol–water partition coefficient (Wildman–Crippen LogP) is 4.91. The first-order chi connectivity index (χ1) is 15.4. The van der Waals surface area contributed by atoms with Crippen LogP contribution in [0.15, 0.2) is 68.9 Å². The fourth-order valence-corrected chi connectivity index (χ4v) is 4.86. The van der Waals surface area contributed by atoms with Crippen molar-refractivity contribution < 1.29 is 9.15 Å². The Morgan fingerprint density at radius 2 is 1.84 bits per heavy atom. The molecule has 0 N–H and O–H groups in total. The van der Waals surface area contributed by atoms with Crippen molar-refractivity contribution in [2.75, 3.05) is 7.11 Å². The molecule has 0 unspecified atom stereocenters. The van der Waals surface area contributed by atoms with Gasteiger partial charge in [-0.2, -0.15) is 0 Å². The molecule has 0 atom stereocenters. The van der Waals surface area contributed by atoms with Crippen molar-refractivity contribution in [3.8, 4) is 16.2 Å². The number of benzene rings is 2. The molecule has 0 fully saturated rings. The normalized spacial score (nSPS) is 11.3. The van der Waals surface area contributed by atoms with E-state index in [0.717, 1.165) is 38.3 Å². The molecular weight excluding hydrogens is 424 g/mol. The molecule has 0 aliphatic carbocycles. The van der Waals surface area contributed by atoms with E-state index in [2.05, 4.69) is 4.98 Å². The van der Waals surface area contributed by atoms with E-state index in [0.29, 0.717) is 15.8 Å². The van der Waals surface area contributed by atoms with Gasteiger partial charge in [0.05, 0.1) is 25.5 Å². The van der Waals surface area contributed by atoms with Crippen LogP contribution in [0.1, 0.15) is 16.7 Å². The number of ether oxygens (including phenoxy) is 1. The smallest absolute Gasteiger partial charge is 0.336 e. The SMILES string of the molecule is COc1ccc(-c2cc3ncn(Cc4cc(=O)oc5c(C)c(C)ccc45)c(=O)c3s2)cc1. The van der Waals surface area contributed by atoms with E-state index in [1.807, 2.05) is 56.3 Å². The number of nitrogens with zero attached hydrogens (tertiary/aromatic N) is 2. The molecule has 0 spiro atoms. The highest BCUT2D eigenvalue weighted by Crippen LogP contribution is 2.32. The third-order valence-electron chi connectivity index (χ3n) is 5.74. The van der Waals surface area contributed by atoms with Gasteiger partial charge in [-0.3, -0.25) is 9.36 Å². The van der Waals surface area contributed by atoms with Crippen molar-refractivity contribution in [3.63, 3.8) is 0 Å². The molecule has 32 heavy (non-hydrogen) atoms. The van der Waals surface area contributed by atoms with Crippen LogP contribution in [0.25, 0.3) is 31.6 Å². The van der Waals surface area contributed by atoms with Crippen LogP contribution in [0.5, 0.6) is 5.75 Å². The molecule has 0 bridgehead atoms. The van der Waals surface area contributed by atoms with Crippen molar-refractivity contribution in [1.29, 1.82) is 0 Å². The van der Waals surface area contributed by atoms with Gasteiger partial charge in [-0.05, 0) is 66.4 Å². The van der Waals surface area contributed by atoms with Crippen molar-refractivity contribution in [1.82, 2.24) is 9.55 Å². The zero-order valence-corrected chi connectivity index (χ0v) is 18.7. The zero-order valence-electron chi connectivity index (χ0n) is 17.8. The van der Waals surface area contributed by atoms with Crippen molar-refractivity contribution in [2.45, 2.75) is 20.4 Å². The number of aryl methyl sites for hydroxylation is 2. The molecule has 7 heteroatoms. The fourth-order valence-electron chi connectivity index (χ4n) is 3.79.